The maximum atomic E-state index is 12.8. The first kappa shape index (κ1) is 22.4. The molecule has 0 atom stereocenters. The molecule has 1 fully saturated rings. The van der Waals surface area contributed by atoms with Crippen molar-refractivity contribution in [3.63, 3.8) is 0 Å². The fraction of sp³-hybridized carbons (Fsp3) is 0.261. The van der Waals surface area contributed by atoms with Crippen LogP contribution < -0.4 is 15.2 Å². The highest BCUT2D eigenvalue weighted by molar-refractivity contribution is 7.92. The summed E-state index contributed by atoms with van der Waals surface area (Å²) in [4.78, 5) is 8.71. The smallest absolute Gasteiger partial charge is 0.262 e. The van der Waals surface area contributed by atoms with E-state index in [-0.39, 0.29) is 10.9 Å². The number of fused-ring (bicyclic) bond motifs is 1. The fourth-order valence-corrected chi connectivity index (χ4v) is 5.54. The number of methoxy groups -OCH3 is 1. The predicted molar refractivity (Wildman–Crippen MR) is 131 cm³/mol. The Labute approximate surface area is 202 Å². The molecule has 4 aromatic rings. The molecule has 3 N–H and O–H groups in total. The number of aromatic nitrogens is 4. The Morgan fingerprint density at radius 1 is 1.12 bits per heavy atom. The minimum atomic E-state index is -3.84. The SMILES string of the molecule is COc1cc(-c2nn(C3CCCC3)c3ncnc(N)c23)ccc1NS(=O)(=O)c1ccc(Cl)cc1. The lowest BCUT2D eigenvalue weighted by molar-refractivity contribution is 0.417. The Morgan fingerprint density at radius 3 is 2.56 bits per heavy atom. The van der Waals surface area contributed by atoms with Crippen LogP contribution in [-0.2, 0) is 10.0 Å². The normalized spacial score (nSPS) is 14.5. The van der Waals surface area contributed by atoms with Crippen molar-refractivity contribution < 1.29 is 13.2 Å². The summed E-state index contributed by atoms with van der Waals surface area (Å²) in [5.41, 5.74) is 8.57. The molecule has 176 valence electrons. The number of benzene rings is 2. The summed E-state index contributed by atoms with van der Waals surface area (Å²) in [6, 6.07) is 11.3. The molecule has 9 nitrogen and oxygen atoms in total. The van der Waals surface area contributed by atoms with Gasteiger partial charge in [-0.2, -0.15) is 5.10 Å². The molecule has 1 aliphatic carbocycles. The van der Waals surface area contributed by atoms with Gasteiger partial charge in [0.15, 0.2) is 5.65 Å². The summed E-state index contributed by atoms with van der Waals surface area (Å²) in [6.45, 7) is 0. The van der Waals surface area contributed by atoms with E-state index >= 15 is 0 Å². The van der Waals surface area contributed by atoms with Gasteiger partial charge >= 0.3 is 0 Å². The number of rotatable bonds is 6. The van der Waals surface area contributed by atoms with Gasteiger partial charge in [-0.15, -0.1) is 0 Å². The van der Waals surface area contributed by atoms with Crippen molar-refractivity contribution in [1.82, 2.24) is 19.7 Å². The van der Waals surface area contributed by atoms with E-state index in [2.05, 4.69) is 14.7 Å². The fourth-order valence-electron chi connectivity index (χ4n) is 4.34. The first-order chi connectivity index (χ1) is 16.4. The highest BCUT2D eigenvalue weighted by Gasteiger charge is 2.25. The number of nitrogens with zero attached hydrogens (tertiary/aromatic N) is 4. The summed E-state index contributed by atoms with van der Waals surface area (Å²) in [6.07, 6.45) is 5.82. The van der Waals surface area contributed by atoms with Crippen LogP contribution in [-0.4, -0.2) is 35.3 Å². The van der Waals surface area contributed by atoms with Crippen LogP contribution in [0.4, 0.5) is 11.5 Å². The van der Waals surface area contributed by atoms with Gasteiger partial charge in [0.25, 0.3) is 10.0 Å². The number of hydrogen-bond acceptors (Lipinski definition) is 7. The standard InChI is InChI=1S/C23H23ClN6O3S/c1-33-19-12-14(6-11-18(19)29-34(31,32)17-9-7-15(24)8-10-17)21-20-22(25)26-13-27-23(20)30(28-21)16-4-2-3-5-16/h6-13,16,29H,2-5H2,1H3,(H2,25,26,27). The topological polar surface area (TPSA) is 125 Å². The molecule has 1 aliphatic rings. The van der Waals surface area contributed by atoms with Gasteiger partial charge in [0.2, 0.25) is 0 Å². The second kappa shape index (κ2) is 8.77. The van der Waals surface area contributed by atoms with E-state index in [0.717, 1.165) is 31.2 Å². The molecular formula is C23H23ClN6O3S. The Balaban J connectivity index is 1.56. The largest absolute Gasteiger partial charge is 0.495 e. The van der Waals surface area contributed by atoms with Crippen molar-refractivity contribution in [3.8, 4) is 17.0 Å². The zero-order valence-electron chi connectivity index (χ0n) is 18.4. The van der Waals surface area contributed by atoms with Gasteiger partial charge in [-0.05, 0) is 49.2 Å². The van der Waals surface area contributed by atoms with E-state index in [1.54, 1.807) is 18.2 Å². The van der Waals surface area contributed by atoms with Gasteiger partial charge in [-0.1, -0.05) is 30.5 Å². The summed E-state index contributed by atoms with van der Waals surface area (Å²) >= 11 is 5.88. The van der Waals surface area contributed by atoms with Crippen molar-refractivity contribution >= 4 is 44.2 Å². The number of nitrogens with two attached hydrogens (primary N) is 1. The summed E-state index contributed by atoms with van der Waals surface area (Å²) in [5.74, 6) is 0.685. The minimum absolute atomic E-state index is 0.0919. The van der Waals surface area contributed by atoms with Crippen molar-refractivity contribution in [3.05, 3.63) is 53.8 Å². The molecule has 0 radical (unpaired) electrons. The van der Waals surface area contributed by atoms with Crippen molar-refractivity contribution in [2.75, 3.05) is 17.6 Å². The molecule has 1 saturated carbocycles. The number of ether oxygens (including phenoxy) is 1. The molecule has 0 unspecified atom stereocenters. The van der Waals surface area contributed by atoms with Crippen LogP contribution >= 0.6 is 11.6 Å². The van der Waals surface area contributed by atoms with E-state index in [4.69, 9.17) is 27.2 Å². The molecule has 11 heteroatoms. The van der Waals surface area contributed by atoms with Crippen molar-refractivity contribution in [1.29, 1.82) is 0 Å². The number of nitrogen functional groups attached to an aromatic ring is 1. The summed E-state index contributed by atoms with van der Waals surface area (Å²) in [7, 11) is -2.36. The molecule has 2 heterocycles. The van der Waals surface area contributed by atoms with Gasteiger partial charge in [-0.25, -0.2) is 23.1 Å². The predicted octanol–water partition coefficient (Wildman–Crippen LogP) is 4.65. The van der Waals surface area contributed by atoms with Gasteiger partial charge in [0.05, 0.1) is 29.1 Å². The van der Waals surface area contributed by atoms with Crippen LogP contribution in [0.5, 0.6) is 5.75 Å². The van der Waals surface area contributed by atoms with Crippen LogP contribution in [0, 0.1) is 0 Å². The average molecular weight is 499 g/mol. The third kappa shape index (κ3) is 4.03. The third-order valence-corrected chi connectivity index (χ3v) is 7.67. The van der Waals surface area contributed by atoms with Crippen molar-refractivity contribution in [2.45, 2.75) is 36.6 Å². The van der Waals surface area contributed by atoms with Crippen LogP contribution in [0.3, 0.4) is 0 Å². The third-order valence-electron chi connectivity index (χ3n) is 6.03. The molecule has 34 heavy (non-hydrogen) atoms. The number of sulfonamides is 1. The minimum Gasteiger partial charge on any atom is -0.495 e. The van der Waals surface area contributed by atoms with Crippen LogP contribution in [0.2, 0.25) is 5.02 Å². The summed E-state index contributed by atoms with van der Waals surface area (Å²) in [5, 5.41) is 5.99. The second-order valence-electron chi connectivity index (χ2n) is 8.16. The molecule has 0 spiro atoms. The Morgan fingerprint density at radius 2 is 1.85 bits per heavy atom. The van der Waals surface area contributed by atoms with Crippen LogP contribution in [0.25, 0.3) is 22.3 Å². The highest BCUT2D eigenvalue weighted by atomic mass is 35.5. The zero-order valence-corrected chi connectivity index (χ0v) is 20.0. The average Bonchev–Trinajstić information content (AvgIpc) is 3.48. The molecular weight excluding hydrogens is 476 g/mol. The quantitative estimate of drug-likeness (QED) is 0.396. The van der Waals surface area contributed by atoms with Gasteiger partial charge in [-0.3, -0.25) is 4.72 Å². The second-order valence-corrected chi connectivity index (χ2v) is 10.3. The first-order valence-corrected chi connectivity index (χ1v) is 12.7. The van der Waals surface area contributed by atoms with Gasteiger partial charge < -0.3 is 10.5 Å². The van der Waals surface area contributed by atoms with Crippen LogP contribution in [0.15, 0.2) is 53.7 Å². The molecule has 2 aromatic heterocycles. The van der Waals surface area contributed by atoms with E-state index < -0.39 is 10.0 Å². The lowest BCUT2D eigenvalue weighted by atomic mass is 10.1. The maximum Gasteiger partial charge on any atom is 0.262 e. The Kier molecular flexibility index (Phi) is 5.78. The van der Waals surface area contributed by atoms with Gasteiger partial charge in [0, 0.05) is 10.6 Å². The van der Waals surface area contributed by atoms with E-state index in [1.165, 1.54) is 37.7 Å². The zero-order chi connectivity index (χ0) is 23.9. The van der Waals surface area contributed by atoms with Crippen LogP contribution in [0.1, 0.15) is 31.7 Å². The molecule has 0 aliphatic heterocycles. The molecule has 0 saturated heterocycles. The Bertz CT molecular complexity index is 1460. The summed E-state index contributed by atoms with van der Waals surface area (Å²) < 4.78 is 35.7. The number of halogens is 1. The lowest BCUT2D eigenvalue weighted by Crippen LogP contribution is -2.13. The maximum absolute atomic E-state index is 12.8. The van der Waals surface area contributed by atoms with E-state index in [0.29, 0.717) is 39.0 Å². The molecule has 0 bridgehead atoms. The van der Waals surface area contributed by atoms with Crippen molar-refractivity contribution in [2.24, 2.45) is 0 Å². The highest BCUT2D eigenvalue weighted by Crippen LogP contribution is 2.39. The number of nitrogens with one attached hydrogen (secondary N) is 1. The molecule has 0 amide bonds. The first-order valence-electron chi connectivity index (χ1n) is 10.8. The molecule has 5 rings (SSSR count). The Hall–Kier alpha value is -3.37. The number of anilines is 2. The number of hydrogen-bond donors (Lipinski definition) is 2. The van der Waals surface area contributed by atoms with E-state index in [9.17, 15) is 8.42 Å². The molecule has 2 aromatic carbocycles. The van der Waals surface area contributed by atoms with Gasteiger partial charge in [0.1, 0.15) is 23.6 Å². The van der Waals surface area contributed by atoms with E-state index in [1.807, 2.05) is 4.68 Å². The lowest BCUT2D eigenvalue weighted by Gasteiger charge is -2.13. The monoisotopic (exact) mass is 498 g/mol.